The number of rotatable bonds is 6. The van der Waals surface area contributed by atoms with E-state index in [4.69, 9.17) is 0 Å². The molecule has 1 aliphatic rings. The molecule has 166 valence electrons. The van der Waals surface area contributed by atoms with Crippen molar-refractivity contribution in [2.75, 3.05) is 47.0 Å². The molecule has 1 fully saturated rings. The van der Waals surface area contributed by atoms with E-state index in [9.17, 15) is 13.6 Å². The van der Waals surface area contributed by atoms with Gasteiger partial charge >= 0.3 is 0 Å². The molecule has 32 heavy (non-hydrogen) atoms. The lowest BCUT2D eigenvalue weighted by Crippen LogP contribution is -2.46. The molecule has 2 heterocycles. The van der Waals surface area contributed by atoms with Crippen LogP contribution < -0.4 is 15.1 Å². The normalized spacial score (nSPS) is 13.8. The quantitative estimate of drug-likeness (QED) is 0.565. The second-order valence-corrected chi connectivity index (χ2v) is 8.50. The molecule has 3 aromatic rings. The van der Waals surface area contributed by atoms with Crippen LogP contribution in [0.4, 0.5) is 26.0 Å². The van der Waals surface area contributed by atoms with Gasteiger partial charge in [0.15, 0.2) is 5.82 Å². The van der Waals surface area contributed by atoms with Crippen LogP contribution in [0.15, 0.2) is 59.6 Å². The lowest BCUT2D eigenvalue weighted by molar-refractivity contribution is -0.113. The number of nitrogens with zero attached hydrogens (tertiary/aromatic N) is 4. The van der Waals surface area contributed by atoms with Crippen LogP contribution in [0.25, 0.3) is 0 Å². The number of piperazine rings is 1. The molecule has 6 nitrogen and oxygen atoms in total. The van der Waals surface area contributed by atoms with Crippen molar-refractivity contribution in [1.29, 1.82) is 0 Å². The second-order valence-electron chi connectivity index (χ2n) is 7.50. The summed E-state index contributed by atoms with van der Waals surface area (Å²) in [6, 6.07) is 15.1. The number of carbonyl (C=O) groups is 1. The number of halogens is 2. The number of hydrogen-bond donors (Lipinski definition) is 1. The fourth-order valence-corrected chi connectivity index (χ4v) is 4.11. The monoisotopic (exact) mass is 455 g/mol. The van der Waals surface area contributed by atoms with Gasteiger partial charge in [-0.1, -0.05) is 23.9 Å². The molecule has 1 saturated heterocycles. The van der Waals surface area contributed by atoms with Crippen LogP contribution in [0.5, 0.6) is 0 Å². The summed E-state index contributed by atoms with van der Waals surface area (Å²) >= 11 is 1.18. The Bertz CT molecular complexity index is 1090. The summed E-state index contributed by atoms with van der Waals surface area (Å²) in [5.41, 5.74) is 2.30. The zero-order valence-electron chi connectivity index (χ0n) is 17.6. The number of benzene rings is 2. The molecule has 0 saturated carbocycles. The number of carbonyl (C=O) groups excluding carboxylic acids is 1. The van der Waals surface area contributed by atoms with Gasteiger partial charge in [-0.3, -0.25) is 4.79 Å². The topological polar surface area (TPSA) is 61.4 Å². The van der Waals surface area contributed by atoms with Gasteiger partial charge in [0.2, 0.25) is 5.91 Å². The Labute approximate surface area is 189 Å². The zero-order valence-corrected chi connectivity index (χ0v) is 18.4. The smallest absolute Gasteiger partial charge is 0.234 e. The fourth-order valence-electron chi connectivity index (χ4n) is 3.50. The van der Waals surface area contributed by atoms with Crippen LogP contribution >= 0.6 is 11.8 Å². The summed E-state index contributed by atoms with van der Waals surface area (Å²) in [6.45, 7) is 5.59. The minimum atomic E-state index is -0.684. The molecule has 4 rings (SSSR count). The van der Waals surface area contributed by atoms with Gasteiger partial charge in [0.25, 0.3) is 0 Å². The molecule has 0 radical (unpaired) electrons. The van der Waals surface area contributed by atoms with Gasteiger partial charge in [-0.2, -0.15) is 0 Å². The Morgan fingerprint density at radius 1 is 1.00 bits per heavy atom. The van der Waals surface area contributed by atoms with Crippen molar-refractivity contribution in [3.63, 3.8) is 0 Å². The van der Waals surface area contributed by atoms with Crippen molar-refractivity contribution in [2.45, 2.75) is 11.9 Å². The highest BCUT2D eigenvalue weighted by Gasteiger charge is 2.19. The lowest BCUT2D eigenvalue weighted by atomic mass is 10.2. The Morgan fingerprint density at radius 3 is 2.50 bits per heavy atom. The first-order valence-corrected chi connectivity index (χ1v) is 11.2. The van der Waals surface area contributed by atoms with Gasteiger partial charge in [-0.05, 0) is 48.9 Å². The van der Waals surface area contributed by atoms with Gasteiger partial charge in [0.05, 0.1) is 11.4 Å². The minimum Gasteiger partial charge on any atom is -0.368 e. The van der Waals surface area contributed by atoms with Gasteiger partial charge in [-0.15, -0.1) is 10.2 Å². The van der Waals surface area contributed by atoms with Gasteiger partial charge in [0, 0.05) is 37.9 Å². The summed E-state index contributed by atoms with van der Waals surface area (Å²) in [5, 5.41) is 11.4. The van der Waals surface area contributed by atoms with Crippen LogP contribution in [0, 0.1) is 18.6 Å². The molecule has 0 bridgehead atoms. The molecule has 1 amide bonds. The average Bonchev–Trinajstić information content (AvgIpc) is 2.81. The molecular formula is C23H23F2N5OS. The van der Waals surface area contributed by atoms with E-state index in [1.54, 1.807) is 0 Å². The summed E-state index contributed by atoms with van der Waals surface area (Å²) in [6.07, 6.45) is 0. The number of aryl methyl sites for hydroxylation is 1. The standard InChI is InChI=1S/C23H23F2N5OS/c1-16-3-2-4-18(13-16)29-9-11-30(12-10-29)21-7-8-23(28-27-21)32-15-22(31)26-20-14-17(24)5-6-19(20)25/h2-8,13-14H,9-12,15H2,1H3,(H,26,31). The average molecular weight is 456 g/mol. The van der Waals surface area contributed by atoms with E-state index in [-0.39, 0.29) is 11.4 Å². The van der Waals surface area contributed by atoms with E-state index in [1.807, 2.05) is 12.1 Å². The highest BCUT2D eigenvalue weighted by atomic mass is 32.2. The highest BCUT2D eigenvalue weighted by molar-refractivity contribution is 7.99. The van der Waals surface area contributed by atoms with E-state index in [0.29, 0.717) is 5.03 Å². The van der Waals surface area contributed by atoms with E-state index in [0.717, 1.165) is 50.2 Å². The van der Waals surface area contributed by atoms with Crippen molar-refractivity contribution in [1.82, 2.24) is 10.2 Å². The molecule has 0 spiro atoms. The number of aromatic nitrogens is 2. The second kappa shape index (κ2) is 9.95. The molecule has 2 aromatic carbocycles. The first-order chi connectivity index (χ1) is 15.5. The minimum absolute atomic E-state index is 0.0130. The third kappa shape index (κ3) is 5.53. The van der Waals surface area contributed by atoms with Crippen LogP contribution in [-0.2, 0) is 4.79 Å². The molecule has 1 aromatic heterocycles. The molecule has 0 atom stereocenters. The zero-order chi connectivity index (χ0) is 22.5. The summed E-state index contributed by atoms with van der Waals surface area (Å²) in [4.78, 5) is 16.6. The molecule has 9 heteroatoms. The van der Waals surface area contributed by atoms with Crippen LogP contribution in [0.1, 0.15) is 5.56 Å². The third-order valence-corrected chi connectivity index (χ3v) is 6.07. The Hall–Kier alpha value is -3.20. The first kappa shape index (κ1) is 22.0. The number of hydrogen-bond acceptors (Lipinski definition) is 6. The Morgan fingerprint density at radius 2 is 1.78 bits per heavy atom. The third-order valence-electron chi connectivity index (χ3n) is 5.15. The Kier molecular flexibility index (Phi) is 6.84. The Balaban J connectivity index is 1.27. The maximum absolute atomic E-state index is 13.6. The number of nitrogens with one attached hydrogen (secondary N) is 1. The summed E-state index contributed by atoms with van der Waals surface area (Å²) < 4.78 is 26.8. The van der Waals surface area contributed by atoms with E-state index < -0.39 is 17.5 Å². The van der Waals surface area contributed by atoms with Crippen molar-refractivity contribution >= 4 is 34.9 Å². The molecule has 1 aliphatic heterocycles. The van der Waals surface area contributed by atoms with Crippen molar-refractivity contribution in [2.24, 2.45) is 0 Å². The predicted molar refractivity (Wildman–Crippen MR) is 123 cm³/mol. The molecule has 0 unspecified atom stereocenters. The SMILES string of the molecule is Cc1cccc(N2CCN(c3ccc(SCC(=O)Nc4cc(F)ccc4F)nn3)CC2)c1. The predicted octanol–water partition coefficient (Wildman–Crippen LogP) is 4.12. The maximum Gasteiger partial charge on any atom is 0.234 e. The van der Waals surface area contributed by atoms with Gasteiger partial charge < -0.3 is 15.1 Å². The fraction of sp³-hybridized carbons (Fsp3) is 0.261. The lowest BCUT2D eigenvalue weighted by Gasteiger charge is -2.36. The van der Waals surface area contributed by atoms with Crippen LogP contribution in [-0.4, -0.2) is 48.0 Å². The first-order valence-electron chi connectivity index (χ1n) is 10.3. The van der Waals surface area contributed by atoms with Gasteiger partial charge in [-0.25, -0.2) is 8.78 Å². The van der Waals surface area contributed by atoms with Crippen LogP contribution in [0.2, 0.25) is 0 Å². The van der Waals surface area contributed by atoms with Crippen molar-refractivity contribution < 1.29 is 13.6 Å². The summed E-state index contributed by atoms with van der Waals surface area (Å²) in [5.74, 6) is -0.937. The number of thioether (sulfide) groups is 1. The largest absolute Gasteiger partial charge is 0.368 e. The molecular weight excluding hydrogens is 432 g/mol. The van der Waals surface area contributed by atoms with Gasteiger partial charge in [0.1, 0.15) is 16.7 Å². The highest BCUT2D eigenvalue weighted by Crippen LogP contribution is 2.22. The maximum atomic E-state index is 13.6. The van der Waals surface area contributed by atoms with E-state index in [1.165, 1.54) is 23.0 Å². The summed E-state index contributed by atoms with van der Waals surface area (Å²) in [7, 11) is 0. The van der Waals surface area contributed by atoms with Crippen LogP contribution in [0.3, 0.4) is 0 Å². The molecule has 0 aliphatic carbocycles. The van der Waals surface area contributed by atoms with Crippen molar-refractivity contribution in [3.8, 4) is 0 Å². The van der Waals surface area contributed by atoms with E-state index >= 15 is 0 Å². The number of anilines is 3. The molecule has 1 N–H and O–H groups in total. The van der Waals surface area contributed by atoms with E-state index in [2.05, 4.69) is 56.5 Å². The van der Waals surface area contributed by atoms with Crippen molar-refractivity contribution in [3.05, 3.63) is 71.8 Å². The number of amides is 1.